The highest BCUT2D eigenvalue weighted by molar-refractivity contribution is 6.37. The van der Waals surface area contributed by atoms with Gasteiger partial charge in [-0.05, 0) is 18.9 Å². The topological polar surface area (TPSA) is 57.2 Å². The third-order valence-electron chi connectivity index (χ3n) is 3.09. The molecule has 0 amide bonds. The summed E-state index contributed by atoms with van der Waals surface area (Å²) in [7, 11) is 1.75. The van der Waals surface area contributed by atoms with Crippen molar-refractivity contribution in [3.8, 4) is 0 Å². The predicted octanol–water partition coefficient (Wildman–Crippen LogP) is 2.61. The van der Waals surface area contributed by atoms with Crippen LogP contribution in [0.5, 0.6) is 0 Å². The minimum absolute atomic E-state index is 0.0183. The van der Waals surface area contributed by atoms with Crippen LogP contribution in [0.15, 0.2) is 6.07 Å². The number of aliphatic hydroxyl groups is 1. The van der Waals surface area contributed by atoms with Gasteiger partial charge in [0.05, 0.1) is 16.7 Å². The Bertz CT molecular complexity index is 421. The second kappa shape index (κ2) is 4.88. The van der Waals surface area contributed by atoms with Crippen LogP contribution < -0.4 is 10.6 Å². The van der Waals surface area contributed by atoms with Crippen LogP contribution in [0.1, 0.15) is 12.8 Å². The van der Waals surface area contributed by atoms with Gasteiger partial charge in [0.15, 0.2) is 0 Å². The molecule has 2 rings (SSSR count). The molecule has 0 spiro atoms. The van der Waals surface area contributed by atoms with Crippen LogP contribution in [0, 0.1) is 5.41 Å². The van der Waals surface area contributed by atoms with Gasteiger partial charge in [-0.15, -0.1) is 0 Å². The molecule has 3 N–H and O–H groups in total. The lowest BCUT2D eigenvalue weighted by Crippen LogP contribution is -2.19. The van der Waals surface area contributed by atoms with Crippen LogP contribution in [0.25, 0.3) is 0 Å². The predicted molar refractivity (Wildman–Crippen MR) is 71.0 cm³/mol. The molecular weight excluding hydrogens is 261 g/mol. The van der Waals surface area contributed by atoms with E-state index < -0.39 is 0 Å². The number of anilines is 2. The lowest BCUT2D eigenvalue weighted by molar-refractivity contribution is 0.219. The Balaban J connectivity index is 2.10. The number of nitrogens with one attached hydrogen (secondary N) is 2. The summed E-state index contributed by atoms with van der Waals surface area (Å²) in [4.78, 5) is 4.29. The van der Waals surface area contributed by atoms with Gasteiger partial charge in [-0.3, -0.25) is 0 Å². The van der Waals surface area contributed by atoms with E-state index in [0.29, 0.717) is 28.2 Å². The zero-order valence-corrected chi connectivity index (χ0v) is 11.1. The largest absolute Gasteiger partial charge is 0.396 e. The van der Waals surface area contributed by atoms with Crippen molar-refractivity contribution in [1.82, 2.24) is 4.98 Å². The maximum atomic E-state index is 9.22. The first-order chi connectivity index (χ1) is 8.10. The monoisotopic (exact) mass is 275 g/mol. The van der Waals surface area contributed by atoms with Gasteiger partial charge in [0.2, 0.25) is 0 Å². The molecule has 1 saturated carbocycles. The average molecular weight is 276 g/mol. The summed E-state index contributed by atoms with van der Waals surface area (Å²) in [5.74, 6) is 1.19. The molecule has 1 fully saturated rings. The van der Waals surface area contributed by atoms with Crippen molar-refractivity contribution in [2.45, 2.75) is 12.8 Å². The fourth-order valence-corrected chi connectivity index (χ4v) is 2.12. The van der Waals surface area contributed by atoms with Crippen molar-refractivity contribution in [1.29, 1.82) is 0 Å². The molecule has 0 aliphatic heterocycles. The van der Waals surface area contributed by atoms with E-state index in [4.69, 9.17) is 23.2 Å². The van der Waals surface area contributed by atoms with Crippen molar-refractivity contribution >= 4 is 34.8 Å². The fraction of sp³-hybridized carbons (Fsp3) is 0.545. The number of hydrogen-bond donors (Lipinski definition) is 3. The molecule has 1 aromatic rings. The van der Waals surface area contributed by atoms with E-state index >= 15 is 0 Å². The average Bonchev–Trinajstić information content (AvgIpc) is 3.09. The van der Waals surface area contributed by atoms with Crippen LogP contribution in [-0.2, 0) is 0 Å². The molecule has 6 heteroatoms. The van der Waals surface area contributed by atoms with Crippen LogP contribution in [0.4, 0.5) is 11.6 Å². The van der Waals surface area contributed by atoms with Crippen molar-refractivity contribution in [3.05, 3.63) is 16.1 Å². The molecule has 1 aliphatic rings. The zero-order valence-electron chi connectivity index (χ0n) is 9.56. The van der Waals surface area contributed by atoms with Gasteiger partial charge in [0, 0.05) is 19.0 Å². The molecule has 1 aromatic heterocycles. The highest BCUT2D eigenvalue weighted by Crippen LogP contribution is 2.45. The quantitative estimate of drug-likeness (QED) is 0.773. The highest BCUT2D eigenvalue weighted by Gasteiger charge is 2.41. The Morgan fingerprint density at radius 2 is 2.00 bits per heavy atom. The van der Waals surface area contributed by atoms with Gasteiger partial charge in [-0.1, -0.05) is 23.2 Å². The molecule has 0 radical (unpaired) electrons. The SMILES string of the molecule is CNc1nc(NCC2(CO)CC2)c(Cl)cc1Cl. The number of hydrogen-bond acceptors (Lipinski definition) is 4. The Kier molecular flexibility index (Phi) is 3.66. The first-order valence-corrected chi connectivity index (χ1v) is 6.24. The number of pyridine rings is 1. The molecule has 17 heavy (non-hydrogen) atoms. The molecule has 0 atom stereocenters. The molecule has 4 nitrogen and oxygen atoms in total. The van der Waals surface area contributed by atoms with E-state index in [1.165, 1.54) is 0 Å². The lowest BCUT2D eigenvalue weighted by Gasteiger charge is -2.15. The first kappa shape index (κ1) is 12.7. The lowest BCUT2D eigenvalue weighted by atomic mass is 10.1. The van der Waals surface area contributed by atoms with Gasteiger partial charge < -0.3 is 15.7 Å². The van der Waals surface area contributed by atoms with E-state index in [1.807, 2.05) is 0 Å². The standard InChI is InChI=1S/C11H15Cl2N3O/c1-14-9-7(12)4-8(13)10(16-9)15-5-11(6-17)2-3-11/h4,17H,2-3,5-6H2,1H3,(H2,14,15,16). The van der Waals surface area contributed by atoms with Gasteiger partial charge >= 0.3 is 0 Å². The maximum Gasteiger partial charge on any atom is 0.147 e. The fourth-order valence-electron chi connectivity index (χ4n) is 1.60. The van der Waals surface area contributed by atoms with Gasteiger partial charge in [-0.25, -0.2) is 4.98 Å². The minimum atomic E-state index is 0.0183. The van der Waals surface area contributed by atoms with Crippen LogP contribution in [0.2, 0.25) is 10.0 Å². The van der Waals surface area contributed by atoms with Crippen LogP contribution in [-0.4, -0.2) is 30.3 Å². The van der Waals surface area contributed by atoms with Crippen LogP contribution >= 0.6 is 23.2 Å². The summed E-state index contributed by atoms with van der Waals surface area (Å²) in [6.45, 7) is 0.880. The van der Waals surface area contributed by atoms with E-state index in [1.54, 1.807) is 13.1 Å². The van der Waals surface area contributed by atoms with E-state index in [-0.39, 0.29) is 12.0 Å². The number of aliphatic hydroxyl groups excluding tert-OH is 1. The Morgan fingerprint density at radius 3 is 2.53 bits per heavy atom. The van der Waals surface area contributed by atoms with Gasteiger partial charge in [0.1, 0.15) is 11.6 Å². The highest BCUT2D eigenvalue weighted by atomic mass is 35.5. The smallest absolute Gasteiger partial charge is 0.147 e. The molecule has 94 valence electrons. The summed E-state index contributed by atoms with van der Waals surface area (Å²) in [5, 5.41) is 16.3. The summed E-state index contributed by atoms with van der Waals surface area (Å²) in [6, 6.07) is 1.66. The van der Waals surface area contributed by atoms with Crippen LogP contribution in [0.3, 0.4) is 0 Å². The summed E-state index contributed by atoms with van der Waals surface area (Å²) < 4.78 is 0. The Labute approximate surface area is 110 Å². The Hall–Kier alpha value is -0.710. The molecule has 0 saturated heterocycles. The second-order valence-electron chi connectivity index (χ2n) is 4.41. The molecule has 1 aliphatic carbocycles. The van der Waals surface area contributed by atoms with Crippen molar-refractivity contribution < 1.29 is 5.11 Å². The number of rotatable bonds is 5. The van der Waals surface area contributed by atoms with E-state index in [0.717, 1.165) is 12.8 Å². The molecule has 0 bridgehead atoms. The molecule has 0 unspecified atom stereocenters. The summed E-state index contributed by atoms with van der Waals surface area (Å²) >= 11 is 12.0. The summed E-state index contributed by atoms with van der Waals surface area (Å²) in [6.07, 6.45) is 2.08. The minimum Gasteiger partial charge on any atom is -0.396 e. The van der Waals surface area contributed by atoms with Gasteiger partial charge in [-0.2, -0.15) is 0 Å². The Morgan fingerprint density at radius 1 is 1.35 bits per heavy atom. The number of halogens is 2. The first-order valence-electron chi connectivity index (χ1n) is 5.49. The van der Waals surface area contributed by atoms with E-state index in [2.05, 4.69) is 15.6 Å². The normalized spacial score (nSPS) is 16.7. The molecule has 0 aromatic carbocycles. The van der Waals surface area contributed by atoms with Crippen molar-refractivity contribution in [2.24, 2.45) is 5.41 Å². The van der Waals surface area contributed by atoms with Gasteiger partial charge in [0.25, 0.3) is 0 Å². The van der Waals surface area contributed by atoms with Crippen molar-refractivity contribution in [2.75, 3.05) is 30.8 Å². The third kappa shape index (κ3) is 2.76. The summed E-state index contributed by atoms with van der Waals surface area (Å²) in [5.41, 5.74) is 0.0183. The maximum absolute atomic E-state index is 9.22. The van der Waals surface area contributed by atoms with Crippen molar-refractivity contribution in [3.63, 3.8) is 0 Å². The second-order valence-corrected chi connectivity index (χ2v) is 5.23. The van der Waals surface area contributed by atoms with E-state index in [9.17, 15) is 5.11 Å². The zero-order chi connectivity index (χ0) is 12.5. The third-order valence-corrected chi connectivity index (χ3v) is 3.67. The number of nitrogens with zero attached hydrogens (tertiary/aromatic N) is 1. The molecular formula is C11H15Cl2N3O. The molecule has 1 heterocycles. The number of aromatic nitrogens is 1.